The molecular formula is C17H16ClN3O3S. The molecule has 0 aliphatic heterocycles. The quantitative estimate of drug-likeness (QED) is 0.740. The fraction of sp³-hybridized carbons (Fsp3) is 0.235. The molecule has 0 fully saturated rings. The molecule has 1 aromatic carbocycles. The lowest BCUT2D eigenvalue weighted by Crippen LogP contribution is -2.27. The van der Waals surface area contributed by atoms with Crippen LogP contribution in [0.5, 0.6) is 5.75 Å². The van der Waals surface area contributed by atoms with E-state index >= 15 is 0 Å². The number of benzene rings is 1. The van der Waals surface area contributed by atoms with Crippen molar-refractivity contribution in [1.82, 2.24) is 9.55 Å². The number of carbonyl (C=O) groups is 1. The summed E-state index contributed by atoms with van der Waals surface area (Å²) >= 11 is 7.45. The molecule has 8 heteroatoms. The average Bonchev–Trinajstić information content (AvgIpc) is 3.02. The molecule has 0 atom stereocenters. The van der Waals surface area contributed by atoms with E-state index in [0.717, 1.165) is 11.3 Å². The number of hydrogen-bond acceptors (Lipinski definition) is 5. The van der Waals surface area contributed by atoms with Crippen LogP contribution in [-0.4, -0.2) is 22.6 Å². The number of fused-ring (bicyclic) bond motifs is 1. The van der Waals surface area contributed by atoms with Gasteiger partial charge in [0.25, 0.3) is 5.56 Å². The summed E-state index contributed by atoms with van der Waals surface area (Å²) in [7, 11) is 1.50. The maximum Gasteiger partial charge on any atom is 0.262 e. The third-order valence-electron chi connectivity index (χ3n) is 3.67. The molecule has 0 bridgehead atoms. The molecule has 25 heavy (non-hydrogen) atoms. The zero-order valence-corrected chi connectivity index (χ0v) is 15.3. The van der Waals surface area contributed by atoms with Gasteiger partial charge in [0.1, 0.15) is 17.1 Å². The van der Waals surface area contributed by atoms with Crippen molar-refractivity contribution in [3.8, 4) is 5.75 Å². The predicted octanol–water partition coefficient (Wildman–Crippen LogP) is 3.32. The summed E-state index contributed by atoms with van der Waals surface area (Å²) in [6.07, 6.45) is 2.24. The van der Waals surface area contributed by atoms with Crippen LogP contribution >= 0.6 is 22.9 Å². The van der Waals surface area contributed by atoms with Gasteiger partial charge in [0.05, 0.1) is 24.5 Å². The van der Waals surface area contributed by atoms with Crippen molar-refractivity contribution in [2.75, 3.05) is 12.4 Å². The molecule has 2 aromatic heterocycles. The van der Waals surface area contributed by atoms with Crippen molar-refractivity contribution >= 4 is 44.7 Å². The SMILES string of the molecule is CCc1cc2c(=O)n(CC(=O)Nc3cc(Cl)ccc3OC)cnc2s1. The molecule has 0 saturated carbocycles. The number of hydrogen-bond donors (Lipinski definition) is 1. The molecule has 1 N–H and O–H groups in total. The molecule has 0 aliphatic carbocycles. The van der Waals surface area contributed by atoms with Gasteiger partial charge in [-0.1, -0.05) is 18.5 Å². The minimum absolute atomic E-state index is 0.144. The van der Waals surface area contributed by atoms with E-state index in [9.17, 15) is 9.59 Å². The number of aromatic nitrogens is 2. The molecule has 2 heterocycles. The zero-order valence-electron chi connectivity index (χ0n) is 13.7. The van der Waals surface area contributed by atoms with Crippen LogP contribution in [0.15, 0.2) is 35.4 Å². The van der Waals surface area contributed by atoms with E-state index in [1.165, 1.54) is 29.3 Å². The molecule has 0 spiro atoms. The Labute approximate surface area is 153 Å². The molecule has 0 unspecified atom stereocenters. The standard InChI is InChI=1S/C17H16ClN3O3S/c1-3-11-7-12-16(25-11)19-9-21(17(12)23)8-15(22)20-13-6-10(18)4-5-14(13)24-2/h4-7,9H,3,8H2,1-2H3,(H,20,22). The average molecular weight is 378 g/mol. The van der Waals surface area contributed by atoms with Crippen molar-refractivity contribution in [3.63, 3.8) is 0 Å². The number of anilines is 1. The van der Waals surface area contributed by atoms with E-state index in [4.69, 9.17) is 16.3 Å². The molecule has 0 saturated heterocycles. The van der Waals surface area contributed by atoms with E-state index in [0.29, 0.717) is 26.7 Å². The Kier molecular flexibility index (Phi) is 5.06. The van der Waals surface area contributed by atoms with Gasteiger partial charge >= 0.3 is 0 Å². The number of amides is 1. The van der Waals surface area contributed by atoms with Crippen molar-refractivity contribution in [2.24, 2.45) is 0 Å². The molecule has 1 amide bonds. The Morgan fingerprint density at radius 3 is 2.92 bits per heavy atom. The Morgan fingerprint density at radius 2 is 2.20 bits per heavy atom. The maximum atomic E-state index is 12.5. The first kappa shape index (κ1) is 17.4. The summed E-state index contributed by atoms with van der Waals surface area (Å²) in [6.45, 7) is 1.88. The van der Waals surface area contributed by atoms with Gasteiger partial charge in [0.15, 0.2) is 0 Å². The van der Waals surface area contributed by atoms with Gasteiger partial charge in [-0.3, -0.25) is 14.2 Å². The highest BCUT2D eigenvalue weighted by atomic mass is 35.5. The summed E-state index contributed by atoms with van der Waals surface area (Å²) < 4.78 is 6.49. The van der Waals surface area contributed by atoms with Gasteiger partial charge in [-0.2, -0.15) is 0 Å². The van der Waals surface area contributed by atoms with E-state index in [-0.39, 0.29) is 18.0 Å². The van der Waals surface area contributed by atoms with Gasteiger partial charge in [-0.05, 0) is 30.7 Å². The van der Waals surface area contributed by atoms with Crippen molar-refractivity contribution in [2.45, 2.75) is 19.9 Å². The normalized spacial score (nSPS) is 10.8. The van der Waals surface area contributed by atoms with Crippen molar-refractivity contribution in [3.05, 3.63) is 50.8 Å². The summed E-state index contributed by atoms with van der Waals surface area (Å²) in [5, 5.41) is 3.72. The topological polar surface area (TPSA) is 73.2 Å². The Hall–Kier alpha value is -2.38. The first-order chi connectivity index (χ1) is 12.0. The number of rotatable bonds is 5. The number of halogens is 1. The van der Waals surface area contributed by atoms with E-state index in [1.54, 1.807) is 18.2 Å². The summed E-state index contributed by atoms with van der Waals surface area (Å²) in [5.41, 5.74) is 0.222. The number of carbonyl (C=O) groups excluding carboxylic acids is 1. The molecule has 0 aliphatic rings. The number of methoxy groups -OCH3 is 1. The van der Waals surface area contributed by atoms with E-state index < -0.39 is 0 Å². The minimum Gasteiger partial charge on any atom is -0.495 e. The molecular weight excluding hydrogens is 362 g/mol. The number of thiophene rings is 1. The van der Waals surface area contributed by atoms with E-state index in [2.05, 4.69) is 10.3 Å². The van der Waals surface area contributed by atoms with E-state index in [1.807, 2.05) is 13.0 Å². The summed E-state index contributed by atoms with van der Waals surface area (Å²) in [5.74, 6) is 0.124. The Morgan fingerprint density at radius 1 is 1.40 bits per heavy atom. The maximum absolute atomic E-state index is 12.5. The van der Waals surface area contributed by atoms with Crippen LogP contribution in [0.25, 0.3) is 10.2 Å². The highest BCUT2D eigenvalue weighted by molar-refractivity contribution is 7.18. The van der Waals surface area contributed by atoms with Crippen molar-refractivity contribution < 1.29 is 9.53 Å². The minimum atomic E-state index is -0.366. The second-order valence-corrected chi connectivity index (χ2v) is 6.91. The van der Waals surface area contributed by atoms with Crippen LogP contribution in [0.3, 0.4) is 0 Å². The predicted molar refractivity (Wildman–Crippen MR) is 99.9 cm³/mol. The molecule has 130 valence electrons. The van der Waals surface area contributed by atoms with Crippen LogP contribution in [0.4, 0.5) is 5.69 Å². The number of aryl methyl sites for hydroxylation is 1. The van der Waals surface area contributed by atoms with Crippen molar-refractivity contribution in [1.29, 1.82) is 0 Å². The van der Waals surface area contributed by atoms with Crippen LogP contribution in [0.2, 0.25) is 5.02 Å². The Bertz CT molecular complexity index is 996. The fourth-order valence-electron chi connectivity index (χ4n) is 2.42. The van der Waals surface area contributed by atoms with Crippen LogP contribution in [0, 0.1) is 0 Å². The lowest BCUT2D eigenvalue weighted by molar-refractivity contribution is -0.116. The second kappa shape index (κ2) is 7.25. The smallest absolute Gasteiger partial charge is 0.262 e. The first-order valence-corrected chi connectivity index (χ1v) is 8.82. The highest BCUT2D eigenvalue weighted by Gasteiger charge is 2.13. The zero-order chi connectivity index (χ0) is 18.0. The first-order valence-electron chi connectivity index (χ1n) is 7.63. The van der Waals surface area contributed by atoms with Gasteiger partial charge in [0.2, 0.25) is 5.91 Å². The second-order valence-electron chi connectivity index (χ2n) is 5.36. The summed E-state index contributed by atoms with van der Waals surface area (Å²) in [4.78, 5) is 30.9. The molecule has 3 rings (SSSR count). The number of nitrogens with zero attached hydrogens (tertiary/aromatic N) is 2. The third kappa shape index (κ3) is 3.67. The van der Waals surface area contributed by atoms with Crippen LogP contribution in [-0.2, 0) is 17.8 Å². The number of nitrogens with one attached hydrogen (secondary N) is 1. The Balaban J connectivity index is 1.84. The van der Waals surface area contributed by atoms with Gasteiger partial charge in [-0.25, -0.2) is 4.98 Å². The largest absolute Gasteiger partial charge is 0.495 e. The third-order valence-corrected chi connectivity index (χ3v) is 5.09. The fourth-order valence-corrected chi connectivity index (χ4v) is 3.52. The van der Waals surface area contributed by atoms with Crippen LogP contribution in [0.1, 0.15) is 11.8 Å². The number of ether oxygens (including phenoxy) is 1. The molecule has 0 radical (unpaired) electrons. The lowest BCUT2D eigenvalue weighted by Gasteiger charge is -2.11. The van der Waals surface area contributed by atoms with Gasteiger partial charge in [-0.15, -0.1) is 11.3 Å². The highest BCUT2D eigenvalue weighted by Crippen LogP contribution is 2.27. The lowest BCUT2D eigenvalue weighted by atomic mass is 10.3. The summed E-state index contributed by atoms with van der Waals surface area (Å²) in [6, 6.07) is 6.76. The monoisotopic (exact) mass is 377 g/mol. The molecule has 3 aromatic rings. The van der Waals surface area contributed by atoms with Gasteiger partial charge in [0, 0.05) is 9.90 Å². The van der Waals surface area contributed by atoms with Gasteiger partial charge < -0.3 is 10.1 Å². The van der Waals surface area contributed by atoms with Crippen LogP contribution < -0.4 is 15.6 Å². The molecule has 6 nitrogen and oxygen atoms in total.